The Kier molecular flexibility index (Phi) is 3.21. The van der Waals surface area contributed by atoms with Crippen LogP contribution in [0.4, 0.5) is 5.69 Å². The lowest BCUT2D eigenvalue weighted by Crippen LogP contribution is -2.39. The van der Waals surface area contributed by atoms with E-state index in [4.69, 9.17) is 34.0 Å². The highest BCUT2D eigenvalue weighted by molar-refractivity contribution is 6.44. The number of amides is 1. The van der Waals surface area contributed by atoms with Crippen LogP contribution in [-0.2, 0) is 0 Å². The lowest BCUT2D eigenvalue weighted by atomic mass is 10.1. The molecule has 0 aromatic heterocycles. The minimum absolute atomic E-state index is 0.0770. The molecule has 6 heteroatoms. The molecule has 1 aliphatic rings. The van der Waals surface area contributed by atoms with Gasteiger partial charge in [0.15, 0.2) is 0 Å². The quantitative estimate of drug-likeness (QED) is 0.737. The van der Waals surface area contributed by atoms with Gasteiger partial charge in [-0.1, -0.05) is 23.2 Å². The van der Waals surface area contributed by atoms with Gasteiger partial charge >= 0.3 is 0 Å². The number of nitrogens with one attached hydrogen (secondary N) is 1. The third-order valence-corrected chi connectivity index (χ3v) is 3.63. The van der Waals surface area contributed by atoms with Crippen LogP contribution in [-0.4, -0.2) is 23.2 Å². The number of halogens is 2. The van der Waals surface area contributed by atoms with Gasteiger partial charge < -0.3 is 16.2 Å². The Balaban J connectivity index is 2.25. The molecule has 0 saturated heterocycles. The highest BCUT2D eigenvalue weighted by atomic mass is 35.5. The first-order valence-corrected chi connectivity index (χ1v) is 5.91. The van der Waals surface area contributed by atoms with Crippen molar-refractivity contribution in [3.8, 4) is 0 Å². The molecule has 0 unspecified atom stereocenters. The Labute approximate surface area is 109 Å². The maximum absolute atomic E-state index is 12.0. The molecule has 1 amide bonds. The Hall–Kier alpha value is -0.970. The van der Waals surface area contributed by atoms with Crippen molar-refractivity contribution in [2.45, 2.75) is 18.4 Å². The average molecular weight is 275 g/mol. The number of nitrogens with two attached hydrogens (primary N) is 1. The largest absolute Gasteiger partial charge is 0.399 e. The number of anilines is 1. The number of rotatable bonds is 3. The monoisotopic (exact) mass is 274 g/mol. The predicted octanol–water partition coefficient (Wildman–Crippen LogP) is 1.83. The summed E-state index contributed by atoms with van der Waals surface area (Å²) in [4.78, 5) is 12.0. The third-order valence-electron chi connectivity index (χ3n) is 2.83. The first-order chi connectivity index (χ1) is 7.97. The van der Waals surface area contributed by atoms with Crippen molar-refractivity contribution in [2.75, 3.05) is 12.3 Å². The van der Waals surface area contributed by atoms with Crippen LogP contribution in [0.1, 0.15) is 23.2 Å². The van der Waals surface area contributed by atoms with E-state index in [2.05, 4.69) is 5.32 Å². The average Bonchev–Trinajstić information content (AvgIpc) is 3.03. The molecular formula is C11H12Cl2N2O2. The molecule has 0 atom stereocenters. The van der Waals surface area contributed by atoms with E-state index in [1.54, 1.807) is 0 Å². The highest BCUT2D eigenvalue weighted by Gasteiger charge is 2.43. The summed E-state index contributed by atoms with van der Waals surface area (Å²) >= 11 is 11.8. The molecule has 17 heavy (non-hydrogen) atoms. The first kappa shape index (κ1) is 12.5. The maximum atomic E-state index is 12.0. The molecule has 0 heterocycles. The van der Waals surface area contributed by atoms with E-state index in [0.29, 0.717) is 5.69 Å². The lowest BCUT2D eigenvalue weighted by Gasteiger charge is -2.15. The zero-order valence-electron chi connectivity index (χ0n) is 8.96. The molecule has 1 fully saturated rings. The van der Waals surface area contributed by atoms with Gasteiger partial charge in [-0.25, -0.2) is 0 Å². The highest BCUT2D eigenvalue weighted by Crippen LogP contribution is 2.36. The molecule has 2 rings (SSSR count). The summed E-state index contributed by atoms with van der Waals surface area (Å²) in [6.45, 7) is -0.0770. The topological polar surface area (TPSA) is 75.4 Å². The number of nitrogen functional groups attached to an aromatic ring is 1. The summed E-state index contributed by atoms with van der Waals surface area (Å²) in [7, 11) is 0. The minimum atomic E-state index is -0.489. The van der Waals surface area contributed by atoms with Crippen LogP contribution in [0.2, 0.25) is 10.0 Å². The Bertz CT molecular complexity index is 473. The molecule has 4 N–H and O–H groups in total. The summed E-state index contributed by atoms with van der Waals surface area (Å²) in [5, 5.41) is 12.3. The van der Waals surface area contributed by atoms with Gasteiger partial charge in [0.05, 0.1) is 27.8 Å². The van der Waals surface area contributed by atoms with Gasteiger partial charge in [0.2, 0.25) is 0 Å². The first-order valence-electron chi connectivity index (χ1n) is 5.15. The van der Waals surface area contributed by atoms with Crippen molar-refractivity contribution in [3.63, 3.8) is 0 Å². The van der Waals surface area contributed by atoms with Gasteiger partial charge in [0, 0.05) is 5.69 Å². The smallest absolute Gasteiger partial charge is 0.253 e. The van der Waals surface area contributed by atoms with Crippen LogP contribution in [0.15, 0.2) is 12.1 Å². The summed E-state index contributed by atoms with van der Waals surface area (Å²) in [5.41, 5.74) is 5.72. The maximum Gasteiger partial charge on any atom is 0.253 e. The fourth-order valence-electron chi connectivity index (χ4n) is 1.56. The Morgan fingerprint density at radius 3 is 2.65 bits per heavy atom. The van der Waals surface area contributed by atoms with E-state index in [1.165, 1.54) is 12.1 Å². The summed E-state index contributed by atoms with van der Waals surface area (Å²) in [5.74, 6) is -0.365. The van der Waals surface area contributed by atoms with Gasteiger partial charge in [-0.3, -0.25) is 4.79 Å². The zero-order chi connectivity index (χ0) is 12.6. The number of benzene rings is 1. The van der Waals surface area contributed by atoms with Gasteiger partial charge in [-0.2, -0.15) is 0 Å². The molecule has 0 spiro atoms. The third kappa shape index (κ3) is 2.49. The molecule has 0 aliphatic heterocycles. The molecule has 1 aromatic carbocycles. The van der Waals surface area contributed by atoms with Crippen LogP contribution >= 0.6 is 23.2 Å². The van der Waals surface area contributed by atoms with Gasteiger partial charge in [0.25, 0.3) is 5.91 Å². The zero-order valence-corrected chi connectivity index (χ0v) is 10.5. The van der Waals surface area contributed by atoms with Crippen molar-refractivity contribution < 1.29 is 9.90 Å². The van der Waals surface area contributed by atoms with E-state index in [1.807, 2.05) is 0 Å². The van der Waals surface area contributed by atoms with E-state index in [-0.39, 0.29) is 28.1 Å². The molecule has 0 radical (unpaired) electrons. The van der Waals surface area contributed by atoms with Crippen LogP contribution in [0.25, 0.3) is 0 Å². The van der Waals surface area contributed by atoms with E-state index in [0.717, 1.165) is 12.8 Å². The number of aliphatic hydroxyl groups excluding tert-OH is 1. The fourth-order valence-corrected chi connectivity index (χ4v) is 1.98. The molecule has 1 saturated carbocycles. The van der Waals surface area contributed by atoms with Crippen LogP contribution in [0.3, 0.4) is 0 Å². The van der Waals surface area contributed by atoms with E-state index >= 15 is 0 Å². The van der Waals surface area contributed by atoms with Crippen LogP contribution in [0, 0.1) is 0 Å². The Morgan fingerprint density at radius 1 is 1.47 bits per heavy atom. The standard InChI is InChI=1S/C11H12Cl2N2O2/c12-8-4-6(14)3-7(9(8)13)10(17)15-11(5-16)1-2-11/h3-4,16H,1-2,5,14H2,(H,15,17). The number of carbonyl (C=O) groups is 1. The molecule has 1 aromatic rings. The second-order valence-corrected chi connectivity index (χ2v) is 5.04. The van der Waals surface area contributed by atoms with E-state index < -0.39 is 5.54 Å². The van der Waals surface area contributed by atoms with Gasteiger partial charge in [-0.15, -0.1) is 0 Å². The van der Waals surface area contributed by atoms with Crippen molar-refractivity contribution in [3.05, 3.63) is 27.7 Å². The lowest BCUT2D eigenvalue weighted by molar-refractivity contribution is 0.0907. The minimum Gasteiger partial charge on any atom is -0.399 e. The molecule has 4 nitrogen and oxygen atoms in total. The molecular weight excluding hydrogens is 263 g/mol. The number of aliphatic hydroxyl groups is 1. The second-order valence-electron chi connectivity index (χ2n) is 4.26. The number of hydrogen-bond donors (Lipinski definition) is 3. The SMILES string of the molecule is Nc1cc(Cl)c(Cl)c(C(=O)NC2(CO)CC2)c1. The van der Waals surface area contributed by atoms with Crippen LogP contribution < -0.4 is 11.1 Å². The summed E-state index contributed by atoms with van der Waals surface area (Å²) in [6.07, 6.45) is 1.53. The van der Waals surface area contributed by atoms with Crippen molar-refractivity contribution in [1.82, 2.24) is 5.32 Å². The molecule has 0 bridgehead atoms. The van der Waals surface area contributed by atoms with Crippen molar-refractivity contribution in [2.24, 2.45) is 0 Å². The van der Waals surface area contributed by atoms with Crippen LogP contribution in [0.5, 0.6) is 0 Å². The summed E-state index contributed by atoms with van der Waals surface area (Å²) < 4.78 is 0. The summed E-state index contributed by atoms with van der Waals surface area (Å²) in [6, 6.07) is 2.95. The van der Waals surface area contributed by atoms with E-state index in [9.17, 15) is 4.79 Å². The van der Waals surface area contributed by atoms with Crippen molar-refractivity contribution >= 4 is 34.8 Å². The van der Waals surface area contributed by atoms with Gasteiger partial charge in [0.1, 0.15) is 0 Å². The molecule has 1 aliphatic carbocycles. The molecule has 92 valence electrons. The second kappa shape index (κ2) is 4.37. The number of carbonyl (C=O) groups excluding carboxylic acids is 1. The predicted molar refractivity (Wildman–Crippen MR) is 67.4 cm³/mol. The fraction of sp³-hybridized carbons (Fsp3) is 0.364. The Morgan fingerprint density at radius 2 is 2.12 bits per heavy atom. The normalized spacial score (nSPS) is 16.6. The van der Waals surface area contributed by atoms with Gasteiger partial charge in [-0.05, 0) is 25.0 Å². The van der Waals surface area contributed by atoms with Crippen molar-refractivity contribution in [1.29, 1.82) is 0 Å². The number of hydrogen-bond acceptors (Lipinski definition) is 3.